The van der Waals surface area contributed by atoms with Gasteiger partial charge in [0.15, 0.2) is 17.5 Å². The minimum Gasteiger partial charge on any atom is -0.507 e. The zero-order valence-corrected chi connectivity index (χ0v) is 20.8. The van der Waals surface area contributed by atoms with Gasteiger partial charge >= 0.3 is 15.6 Å². The van der Waals surface area contributed by atoms with Crippen molar-refractivity contribution < 1.29 is 31.2 Å². The maximum absolute atomic E-state index is 10.7. The first-order valence-electron chi connectivity index (χ1n) is 11.3. The minimum atomic E-state index is -5.84. The Labute approximate surface area is 222 Å². The molecule has 0 bridgehead atoms. The number of halogens is 3. The normalized spacial score (nSPS) is 11.4. The molecular formula is C28H20F3N3O4S. The lowest BCUT2D eigenvalue weighted by atomic mass is 10.0. The second-order valence-electron chi connectivity index (χ2n) is 8.06. The molecule has 0 amide bonds. The second-order valence-corrected chi connectivity index (χ2v) is 9.47. The van der Waals surface area contributed by atoms with E-state index in [1.807, 2.05) is 103 Å². The summed E-state index contributed by atoms with van der Waals surface area (Å²) in [7, 11) is -5.84. The van der Waals surface area contributed by atoms with Crippen LogP contribution in [0.1, 0.15) is 0 Å². The molecule has 0 aliphatic carbocycles. The van der Waals surface area contributed by atoms with Crippen LogP contribution in [0.25, 0.3) is 45.3 Å². The average molecular weight is 552 g/mol. The predicted molar refractivity (Wildman–Crippen MR) is 141 cm³/mol. The highest BCUT2D eigenvalue weighted by Gasteiger charge is 2.44. The highest BCUT2D eigenvalue weighted by molar-refractivity contribution is 7.86. The first-order valence-corrected chi connectivity index (χ1v) is 12.8. The number of nitrogens with zero attached hydrogens (tertiary/aromatic N) is 3. The molecule has 0 saturated heterocycles. The van der Waals surface area contributed by atoms with E-state index in [1.165, 1.54) is 0 Å². The quantitative estimate of drug-likeness (QED) is 0.190. The van der Waals surface area contributed by atoms with Gasteiger partial charge in [-0.1, -0.05) is 97.1 Å². The SMILES string of the molecule is O=S(=O)(O)C(F)(F)F.Oc1cc(-c2nc(-c3ccccc3)nc(-c3ccccc3)n2)ccc1-c1ccccc1. The molecule has 0 aliphatic heterocycles. The summed E-state index contributed by atoms with van der Waals surface area (Å²) >= 11 is 0. The largest absolute Gasteiger partial charge is 0.522 e. The van der Waals surface area contributed by atoms with Crippen LogP contribution in [0.5, 0.6) is 5.75 Å². The molecule has 2 N–H and O–H groups in total. The first-order chi connectivity index (χ1) is 18.5. The summed E-state index contributed by atoms with van der Waals surface area (Å²) in [6.07, 6.45) is 0. The molecule has 5 rings (SSSR count). The summed E-state index contributed by atoms with van der Waals surface area (Å²) < 4.78 is 57.5. The van der Waals surface area contributed by atoms with E-state index in [1.54, 1.807) is 6.07 Å². The monoisotopic (exact) mass is 551 g/mol. The Kier molecular flexibility index (Phi) is 8.03. The number of aromatic hydroxyl groups is 1. The van der Waals surface area contributed by atoms with Crippen LogP contribution in [-0.2, 0) is 10.1 Å². The van der Waals surface area contributed by atoms with Gasteiger partial charge in [0.25, 0.3) is 0 Å². The maximum Gasteiger partial charge on any atom is 0.522 e. The zero-order valence-electron chi connectivity index (χ0n) is 20.0. The summed E-state index contributed by atoms with van der Waals surface area (Å²) in [6, 6.07) is 35.0. The van der Waals surface area contributed by atoms with Crippen LogP contribution in [-0.4, -0.2) is 38.5 Å². The Bertz CT molecular complexity index is 1610. The Morgan fingerprint density at radius 2 is 0.923 bits per heavy atom. The Balaban J connectivity index is 0.000000386. The molecule has 0 spiro atoms. The average Bonchev–Trinajstić information content (AvgIpc) is 2.93. The predicted octanol–water partition coefficient (Wildman–Crippen LogP) is 6.64. The molecule has 11 heteroatoms. The smallest absolute Gasteiger partial charge is 0.507 e. The third-order valence-electron chi connectivity index (χ3n) is 5.33. The molecule has 198 valence electrons. The van der Waals surface area contributed by atoms with E-state index < -0.39 is 15.6 Å². The fourth-order valence-electron chi connectivity index (χ4n) is 3.47. The Hall–Kier alpha value is -4.61. The van der Waals surface area contributed by atoms with Crippen LogP contribution < -0.4 is 0 Å². The van der Waals surface area contributed by atoms with E-state index in [2.05, 4.69) is 0 Å². The van der Waals surface area contributed by atoms with Gasteiger partial charge in [0, 0.05) is 22.3 Å². The van der Waals surface area contributed by atoms with Gasteiger partial charge in [0.2, 0.25) is 0 Å². The summed E-state index contributed by atoms with van der Waals surface area (Å²) in [5, 5.41) is 10.7. The number of aromatic nitrogens is 3. The van der Waals surface area contributed by atoms with Gasteiger partial charge in [-0.05, 0) is 17.7 Å². The number of phenols is 1. The van der Waals surface area contributed by atoms with Gasteiger partial charge in [-0.25, -0.2) is 15.0 Å². The molecule has 7 nitrogen and oxygen atoms in total. The third-order valence-corrected chi connectivity index (χ3v) is 5.92. The highest BCUT2D eigenvalue weighted by atomic mass is 32.2. The number of benzene rings is 4. The second kappa shape index (κ2) is 11.4. The number of rotatable bonds is 4. The summed E-state index contributed by atoms with van der Waals surface area (Å²) in [5.74, 6) is 1.89. The summed E-state index contributed by atoms with van der Waals surface area (Å²) in [6.45, 7) is 0. The zero-order chi connectivity index (χ0) is 28.0. The number of alkyl halides is 3. The van der Waals surface area contributed by atoms with Crippen molar-refractivity contribution >= 4 is 10.1 Å². The fraction of sp³-hybridized carbons (Fsp3) is 0.0357. The Morgan fingerprint density at radius 3 is 1.28 bits per heavy atom. The van der Waals surface area contributed by atoms with Crippen LogP contribution in [0.2, 0.25) is 0 Å². The number of hydrogen-bond acceptors (Lipinski definition) is 6. The van der Waals surface area contributed by atoms with Crippen molar-refractivity contribution in [2.45, 2.75) is 5.51 Å². The maximum atomic E-state index is 10.7. The standard InChI is InChI=1S/C27H19N3O.CHF3O3S/c31-24-18-22(16-17-23(24)19-10-4-1-5-11-19)27-29-25(20-12-6-2-7-13-20)28-26(30-27)21-14-8-3-9-15-21;2-1(3,4)8(5,6)7/h1-18,31H;(H,5,6,7). The lowest BCUT2D eigenvalue weighted by Crippen LogP contribution is -2.21. The van der Waals surface area contributed by atoms with Crippen molar-refractivity contribution in [3.05, 3.63) is 109 Å². The molecule has 0 fully saturated rings. The van der Waals surface area contributed by atoms with Gasteiger partial charge in [-0.3, -0.25) is 4.55 Å². The van der Waals surface area contributed by atoms with E-state index in [4.69, 9.17) is 27.9 Å². The van der Waals surface area contributed by atoms with Crippen molar-refractivity contribution in [3.8, 4) is 51.0 Å². The van der Waals surface area contributed by atoms with Crippen molar-refractivity contribution in [2.24, 2.45) is 0 Å². The van der Waals surface area contributed by atoms with E-state index in [0.717, 1.165) is 27.8 Å². The fourth-order valence-corrected chi connectivity index (χ4v) is 3.47. The summed E-state index contributed by atoms with van der Waals surface area (Å²) in [4.78, 5) is 14.1. The number of hydrogen-bond donors (Lipinski definition) is 2. The van der Waals surface area contributed by atoms with Crippen LogP contribution >= 0.6 is 0 Å². The molecule has 0 aliphatic rings. The van der Waals surface area contributed by atoms with Crippen molar-refractivity contribution in [3.63, 3.8) is 0 Å². The summed E-state index contributed by atoms with van der Waals surface area (Å²) in [5.41, 5.74) is -1.26. The molecule has 0 unspecified atom stereocenters. The number of phenolic OH excluding ortho intramolecular Hbond substituents is 1. The molecule has 4 aromatic carbocycles. The molecule has 1 aromatic heterocycles. The van der Waals surface area contributed by atoms with Crippen molar-refractivity contribution in [1.29, 1.82) is 0 Å². The van der Waals surface area contributed by atoms with E-state index in [-0.39, 0.29) is 5.75 Å². The van der Waals surface area contributed by atoms with E-state index >= 15 is 0 Å². The van der Waals surface area contributed by atoms with Gasteiger partial charge in [0.1, 0.15) is 5.75 Å². The molecule has 1 heterocycles. The highest BCUT2D eigenvalue weighted by Crippen LogP contribution is 2.33. The van der Waals surface area contributed by atoms with Crippen LogP contribution in [0, 0.1) is 0 Å². The van der Waals surface area contributed by atoms with Gasteiger partial charge < -0.3 is 5.11 Å². The van der Waals surface area contributed by atoms with E-state index in [9.17, 15) is 18.3 Å². The lowest BCUT2D eigenvalue weighted by molar-refractivity contribution is -0.0510. The van der Waals surface area contributed by atoms with E-state index in [0.29, 0.717) is 17.5 Å². The molecule has 0 radical (unpaired) electrons. The molecule has 5 aromatic rings. The van der Waals surface area contributed by atoms with Crippen LogP contribution in [0.3, 0.4) is 0 Å². The molecule has 0 atom stereocenters. The molecule has 39 heavy (non-hydrogen) atoms. The topological polar surface area (TPSA) is 113 Å². The third kappa shape index (κ3) is 6.83. The van der Waals surface area contributed by atoms with Crippen molar-refractivity contribution in [2.75, 3.05) is 0 Å². The molecular weight excluding hydrogens is 531 g/mol. The van der Waals surface area contributed by atoms with Gasteiger partial charge in [-0.15, -0.1) is 0 Å². The minimum absolute atomic E-state index is 0.187. The molecule has 0 saturated carbocycles. The lowest BCUT2D eigenvalue weighted by Gasteiger charge is -2.10. The van der Waals surface area contributed by atoms with Crippen LogP contribution in [0.15, 0.2) is 109 Å². The Morgan fingerprint density at radius 1 is 0.564 bits per heavy atom. The van der Waals surface area contributed by atoms with Gasteiger partial charge in [0.05, 0.1) is 0 Å². The van der Waals surface area contributed by atoms with Crippen LogP contribution in [0.4, 0.5) is 13.2 Å². The van der Waals surface area contributed by atoms with Crippen molar-refractivity contribution in [1.82, 2.24) is 15.0 Å². The van der Waals surface area contributed by atoms with Gasteiger partial charge in [-0.2, -0.15) is 21.6 Å². The first kappa shape index (κ1) is 27.4.